The van der Waals surface area contributed by atoms with Crippen molar-refractivity contribution in [2.45, 2.75) is 109 Å². The third-order valence-corrected chi connectivity index (χ3v) is 5.41. The largest absolute Gasteiger partial charge is 1.00 e. The molecule has 0 unspecified atom stereocenters. The van der Waals surface area contributed by atoms with Crippen LogP contribution in [0.1, 0.15) is 102 Å². The van der Waals surface area contributed by atoms with Crippen molar-refractivity contribution in [2.24, 2.45) is 0 Å². The fourth-order valence-corrected chi connectivity index (χ4v) is 3.61. The summed E-state index contributed by atoms with van der Waals surface area (Å²) in [5.41, 5.74) is 0.878. The second kappa shape index (κ2) is 20.1. The summed E-state index contributed by atoms with van der Waals surface area (Å²) in [6, 6.07) is 8.34. The van der Waals surface area contributed by atoms with Gasteiger partial charge in [0.2, 0.25) is 5.91 Å². The molecule has 0 heterocycles. The van der Waals surface area contributed by atoms with Crippen molar-refractivity contribution in [2.75, 3.05) is 0 Å². The fraction of sp³-hybridized carbons (Fsp3) is 0.680. The van der Waals surface area contributed by atoms with Gasteiger partial charge in [-0.2, -0.15) is 0 Å². The summed E-state index contributed by atoms with van der Waals surface area (Å²) < 4.78 is 0. The third kappa shape index (κ3) is 15.9. The first-order chi connectivity index (χ1) is 14.1. The molecule has 0 spiro atoms. The number of carbonyl (C=O) groups is 2. The normalized spacial score (nSPS) is 11.5. The molecule has 1 aromatic carbocycles. The van der Waals surface area contributed by atoms with Crippen molar-refractivity contribution in [3.8, 4) is 0 Å². The Balaban J connectivity index is 0.00000841. The number of hydrogen-bond acceptors (Lipinski definition) is 3. The molecule has 0 saturated carbocycles. The summed E-state index contributed by atoms with van der Waals surface area (Å²) in [5, 5.41) is 13.9. The Hall–Kier alpha value is -0.840. The molecule has 30 heavy (non-hydrogen) atoms. The molecule has 1 atom stereocenters. The predicted molar refractivity (Wildman–Crippen MR) is 117 cm³/mol. The molecule has 0 aliphatic carbocycles. The number of carboxylic acid groups (broad SMARTS) is 1. The van der Waals surface area contributed by atoms with Crippen molar-refractivity contribution in [3.05, 3.63) is 35.9 Å². The minimum atomic E-state index is -1.23. The number of unbranched alkanes of at least 4 members (excludes halogenated alkanes) is 12. The summed E-state index contributed by atoms with van der Waals surface area (Å²) in [5.74, 6) is -1.43. The number of carbonyl (C=O) groups excluding carboxylic acids is 2. The minimum absolute atomic E-state index is 0. The first-order valence-corrected chi connectivity index (χ1v) is 11.7. The molecule has 0 aromatic heterocycles. The van der Waals surface area contributed by atoms with Crippen molar-refractivity contribution >= 4 is 11.9 Å². The quantitative estimate of drug-likeness (QED) is 0.289. The van der Waals surface area contributed by atoms with E-state index in [1.165, 1.54) is 64.2 Å². The van der Waals surface area contributed by atoms with Gasteiger partial charge in [-0.15, -0.1) is 0 Å². The van der Waals surface area contributed by atoms with E-state index in [4.69, 9.17) is 0 Å². The first kappa shape index (κ1) is 29.2. The smallest absolute Gasteiger partial charge is 0.548 e. The van der Waals surface area contributed by atoms with Crippen LogP contribution in [-0.4, -0.2) is 17.9 Å². The van der Waals surface area contributed by atoms with Crippen LogP contribution in [-0.2, 0) is 16.0 Å². The van der Waals surface area contributed by atoms with Crippen LogP contribution in [0.25, 0.3) is 0 Å². The van der Waals surface area contributed by atoms with E-state index in [1.54, 1.807) is 0 Å². The van der Waals surface area contributed by atoms with Crippen LogP contribution < -0.4 is 40.0 Å². The first-order valence-electron chi connectivity index (χ1n) is 11.7. The molecule has 0 saturated heterocycles. The number of nitrogens with one attached hydrogen (secondary N) is 1. The Morgan fingerprint density at radius 3 is 1.73 bits per heavy atom. The van der Waals surface area contributed by atoms with Gasteiger partial charge in [-0.1, -0.05) is 114 Å². The van der Waals surface area contributed by atoms with E-state index >= 15 is 0 Å². The average Bonchev–Trinajstić information content (AvgIpc) is 2.71. The Labute approximate surface area is 205 Å². The molecular weight excluding hydrogens is 385 g/mol. The summed E-state index contributed by atoms with van der Waals surface area (Å²) in [7, 11) is 0. The van der Waals surface area contributed by atoms with Gasteiger partial charge in [-0.05, 0) is 18.4 Å². The molecule has 164 valence electrons. The van der Waals surface area contributed by atoms with E-state index in [-0.39, 0.29) is 41.9 Å². The van der Waals surface area contributed by atoms with Gasteiger partial charge < -0.3 is 15.2 Å². The van der Waals surface area contributed by atoms with Crippen LogP contribution in [0.2, 0.25) is 0 Å². The van der Waals surface area contributed by atoms with Gasteiger partial charge in [-0.25, -0.2) is 0 Å². The molecule has 5 heteroatoms. The monoisotopic (exact) mass is 425 g/mol. The van der Waals surface area contributed by atoms with Crippen LogP contribution in [0.4, 0.5) is 0 Å². The summed E-state index contributed by atoms with van der Waals surface area (Å²) in [6.45, 7) is 2.25. The van der Waals surface area contributed by atoms with Gasteiger partial charge in [0.05, 0.1) is 12.0 Å². The van der Waals surface area contributed by atoms with Gasteiger partial charge in [0, 0.05) is 6.42 Å². The molecule has 0 aliphatic heterocycles. The van der Waals surface area contributed by atoms with Crippen molar-refractivity contribution in [3.63, 3.8) is 0 Å². The predicted octanol–water partition coefficient (Wildman–Crippen LogP) is 1.95. The maximum atomic E-state index is 12.0. The molecule has 0 radical (unpaired) electrons. The zero-order valence-corrected chi connectivity index (χ0v) is 21.3. The minimum Gasteiger partial charge on any atom is -0.548 e. The number of benzene rings is 1. The number of aliphatic carboxylic acids is 1. The van der Waals surface area contributed by atoms with Crippen LogP contribution in [0.5, 0.6) is 0 Å². The molecule has 0 bridgehead atoms. The standard InChI is InChI=1S/C25H41NO3.Na/c1-2-3-4-5-6-7-8-9-10-11-12-13-17-20-24(27)26-23(25(28)29)21-22-18-15-14-16-19-22;/h14-16,18-19,23H,2-13,17,20-21H2,1H3,(H,26,27)(H,28,29);/q;+1/p-1/t23-;/m1./s1. The fourth-order valence-electron chi connectivity index (χ4n) is 3.61. The molecule has 4 nitrogen and oxygen atoms in total. The van der Waals surface area contributed by atoms with Gasteiger partial charge >= 0.3 is 29.6 Å². The van der Waals surface area contributed by atoms with Gasteiger partial charge in [0.25, 0.3) is 0 Å². The number of rotatable bonds is 18. The zero-order chi connectivity index (χ0) is 21.2. The Bertz CT molecular complexity index is 551. The van der Waals surface area contributed by atoms with Crippen molar-refractivity contribution in [1.82, 2.24) is 5.32 Å². The molecule has 1 aromatic rings. The van der Waals surface area contributed by atoms with Gasteiger partial charge in [0.15, 0.2) is 0 Å². The summed E-state index contributed by atoms with van der Waals surface area (Å²) in [4.78, 5) is 23.3. The topological polar surface area (TPSA) is 69.2 Å². The zero-order valence-electron chi connectivity index (χ0n) is 19.3. The third-order valence-electron chi connectivity index (χ3n) is 5.41. The Morgan fingerprint density at radius 1 is 0.800 bits per heavy atom. The SMILES string of the molecule is CCCCCCCCCCCCCCCC(=O)N[C@H](Cc1ccccc1)C(=O)[O-].[Na+]. The molecule has 1 amide bonds. The molecule has 1 rings (SSSR count). The van der Waals surface area contributed by atoms with E-state index in [2.05, 4.69) is 12.2 Å². The van der Waals surface area contributed by atoms with Crippen LogP contribution >= 0.6 is 0 Å². The molecule has 1 N–H and O–H groups in total. The Morgan fingerprint density at radius 2 is 1.27 bits per heavy atom. The molecule has 0 aliphatic rings. The van der Waals surface area contributed by atoms with E-state index in [0.717, 1.165) is 24.8 Å². The summed E-state index contributed by atoms with van der Waals surface area (Å²) >= 11 is 0. The average molecular weight is 426 g/mol. The van der Waals surface area contributed by atoms with E-state index in [9.17, 15) is 14.7 Å². The molecule has 0 fully saturated rings. The number of amides is 1. The summed E-state index contributed by atoms with van der Waals surface area (Å²) in [6.07, 6.45) is 17.0. The van der Waals surface area contributed by atoms with E-state index in [1.807, 2.05) is 30.3 Å². The van der Waals surface area contributed by atoms with Crippen molar-refractivity contribution < 1.29 is 44.3 Å². The second-order valence-corrected chi connectivity index (χ2v) is 8.12. The van der Waals surface area contributed by atoms with Gasteiger partial charge in [-0.3, -0.25) is 4.79 Å². The van der Waals surface area contributed by atoms with E-state index in [0.29, 0.717) is 6.42 Å². The van der Waals surface area contributed by atoms with Crippen LogP contribution in [0.15, 0.2) is 30.3 Å². The maximum absolute atomic E-state index is 12.0. The van der Waals surface area contributed by atoms with Crippen molar-refractivity contribution in [1.29, 1.82) is 0 Å². The number of hydrogen-bond donors (Lipinski definition) is 1. The maximum Gasteiger partial charge on any atom is 1.00 e. The van der Waals surface area contributed by atoms with Gasteiger partial charge in [0.1, 0.15) is 0 Å². The van der Waals surface area contributed by atoms with E-state index < -0.39 is 12.0 Å². The number of carboxylic acids is 1. The van der Waals surface area contributed by atoms with Crippen LogP contribution in [0.3, 0.4) is 0 Å². The van der Waals surface area contributed by atoms with Crippen LogP contribution in [0, 0.1) is 0 Å². The Kier molecular flexibility index (Phi) is 19.5. The molecular formula is C25H40NNaO3. The second-order valence-electron chi connectivity index (χ2n) is 8.12.